The second-order valence-corrected chi connectivity index (χ2v) is 7.27. The molecule has 1 aromatic rings. The maximum absolute atomic E-state index is 4.02. The summed E-state index contributed by atoms with van der Waals surface area (Å²) in [5.74, 6) is 2.04. The molecule has 0 N–H and O–H groups in total. The Labute approximate surface area is 69.3 Å². The minimum absolute atomic E-state index is 0.729. The Bertz CT molecular complexity index is 240. The van der Waals surface area contributed by atoms with Crippen LogP contribution in [0.3, 0.4) is 0 Å². The first kappa shape index (κ1) is 8.59. The molecule has 1 heterocycles. The molecule has 0 saturated carbocycles. The first-order chi connectivity index (χ1) is 4.93. The average Bonchev–Trinajstić information content (AvgIpc) is 2.08. The van der Waals surface area contributed by atoms with Gasteiger partial charge in [0.05, 0.1) is 0 Å². The first-order valence-corrected chi connectivity index (χ1v) is 6.32. The first-order valence-electron chi connectivity index (χ1n) is 3.50. The topological polar surface area (TPSA) is 30.7 Å². The zero-order valence-corrected chi connectivity index (χ0v) is 8.57. The van der Waals surface area contributed by atoms with Crippen molar-refractivity contribution in [2.24, 2.45) is 0 Å². The van der Waals surface area contributed by atoms with Gasteiger partial charge >= 0.3 is 0 Å². The zero-order valence-electron chi connectivity index (χ0n) is 7.75. The van der Waals surface area contributed by atoms with Gasteiger partial charge in [-0.25, -0.2) is 0 Å². The molecule has 0 aliphatic rings. The lowest BCUT2D eigenvalue weighted by molar-refractivity contribution is 1.02. The Balaban J connectivity index is 3.21. The van der Waals surface area contributed by atoms with Gasteiger partial charge in [0, 0.05) is 0 Å². The Morgan fingerprint density at radius 2 is 1.36 bits per heavy atom. The Kier molecular flexibility index (Phi) is 1.96. The van der Waals surface area contributed by atoms with Crippen molar-refractivity contribution < 1.29 is 0 Å². The van der Waals surface area contributed by atoms with Crippen LogP contribution in [0, 0.1) is 13.8 Å². The molecule has 0 fully saturated rings. The number of hydrogen-bond acceptors (Lipinski definition) is 2. The van der Waals surface area contributed by atoms with E-state index in [9.17, 15) is 0 Å². The van der Waals surface area contributed by atoms with Crippen molar-refractivity contribution in [3.05, 3.63) is 11.6 Å². The monoisotopic (exact) mass is 173 g/mol. The van der Waals surface area contributed by atoms with Gasteiger partial charge in [-0.2, -0.15) is 10.2 Å². The maximum Gasteiger partial charge on any atom is 0.138 e. The van der Waals surface area contributed by atoms with Crippen molar-refractivity contribution >= 4 is 10.2 Å². The quantitative estimate of drug-likeness (QED) is 0.642. The van der Waals surface area contributed by atoms with Gasteiger partial charge in [0.15, 0.2) is 0 Å². The number of nitrogens with zero attached hydrogens (tertiary/aromatic N) is 3. The molecule has 0 radical (unpaired) electrons. The van der Waals surface area contributed by atoms with Crippen LogP contribution in [-0.2, 0) is 0 Å². The molecular weight excluding hydrogens is 158 g/mol. The fourth-order valence-electron chi connectivity index (χ4n) is 1.25. The number of aromatic nitrogens is 3. The van der Waals surface area contributed by atoms with Crippen molar-refractivity contribution in [2.75, 3.05) is 18.8 Å². The van der Waals surface area contributed by atoms with Gasteiger partial charge in [-0.1, -0.05) is 0 Å². The zero-order chi connectivity index (χ0) is 8.65. The SMILES string of the molecule is Cc1nnc(C)n1S(C)(C)C. The van der Waals surface area contributed by atoms with Crippen LogP contribution in [0.4, 0.5) is 0 Å². The summed E-state index contributed by atoms with van der Waals surface area (Å²) in [6.07, 6.45) is 6.70. The predicted molar refractivity (Wildman–Crippen MR) is 50.3 cm³/mol. The van der Waals surface area contributed by atoms with E-state index in [0.29, 0.717) is 0 Å². The molecule has 0 aliphatic carbocycles. The van der Waals surface area contributed by atoms with Crippen LogP contribution in [0.25, 0.3) is 0 Å². The number of aryl methyl sites for hydroxylation is 2. The molecule has 1 rings (SSSR count). The molecule has 64 valence electrons. The summed E-state index contributed by atoms with van der Waals surface area (Å²) in [6.45, 7) is 4.00. The van der Waals surface area contributed by atoms with Gasteiger partial charge in [0.2, 0.25) is 0 Å². The third-order valence-electron chi connectivity index (χ3n) is 1.47. The van der Waals surface area contributed by atoms with E-state index in [0.717, 1.165) is 11.6 Å². The molecule has 0 aromatic carbocycles. The van der Waals surface area contributed by atoms with Gasteiger partial charge in [-0.05, 0) is 32.6 Å². The van der Waals surface area contributed by atoms with Crippen molar-refractivity contribution in [1.29, 1.82) is 0 Å². The van der Waals surface area contributed by atoms with Gasteiger partial charge in [0.25, 0.3) is 0 Å². The van der Waals surface area contributed by atoms with E-state index < -0.39 is 10.2 Å². The summed E-state index contributed by atoms with van der Waals surface area (Å²) >= 11 is 0. The third kappa shape index (κ3) is 1.56. The fourth-order valence-corrected chi connectivity index (χ4v) is 2.91. The lowest BCUT2D eigenvalue weighted by atomic mass is 10.7. The van der Waals surface area contributed by atoms with Crippen molar-refractivity contribution in [3.63, 3.8) is 0 Å². The van der Waals surface area contributed by atoms with Crippen LogP contribution < -0.4 is 0 Å². The second-order valence-electron chi connectivity index (χ2n) is 3.36. The smallest absolute Gasteiger partial charge is 0.138 e. The molecule has 4 heteroatoms. The highest BCUT2D eigenvalue weighted by Crippen LogP contribution is 2.38. The summed E-state index contributed by atoms with van der Waals surface area (Å²) in [5, 5.41) is 8.03. The lowest BCUT2D eigenvalue weighted by Crippen LogP contribution is -2.08. The van der Waals surface area contributed by atoms with Crippen LogP contribution in [0.1, 0.15) is 11.6 Å². The summed E-state index contributed by atoms with van der Waals surface area (Å²) in [5.41, 5.74) is 0. The van der Waals surface area contributed by atoms with Crippen LogP contribution in [0.15, 0.2) is 0 Å². The minimum atomic E-state index is -0.729. The van der Waals surface area contributed by atoms with Crippen molar-refractivity contribution in [1.82, 2.24) is 14.2 Å². The largest absolute Gasteiger partial charge is 0.276 e. The molecule has 0 bridgehead atoms. The molecule has 0 unspecified atom stereocenters. The number of hydrogen-bond donors (Lipinski definition) is 0. The molecule has 0 saturated heterocycles. The van der Waals surface area contributed by atoms with E-state index in [-0.39, 0.29) is 0 Å². The Morgan fingerprint density at radius 3 is 1.55 bits per heavy atom. The van der Waals surface area contributed by atoms with Crippen LogP contribution >= 0.6 is 10.2 Å². The van der Waals surface area contributed by atoms with Crippen LogP contribution in [-0.4, -0.2) is 32.9 Å². The highest BCUT2D eigenvalue weighted by molar-refractivity contribution is 8.30. The molecule has 0 amide bonds. The maximum atomic E-state index is 4.02. The predicted octanol–water partition coefficient (Wildman–Crippen LogP) is 1.35. The summed E-state index contributed by atoms with van der Waals surface area (Å²) < 4.78 is 2.22. The molecule has 0 aliphatic heterocycles. The highest BCUT2D eigenvalue weighted by Gasteiger charge is 2.13. The highest BCUT2D eigenvalue weighted by atomic mass is 32.3. The van der Waals surface area contributed by atoms with Gasteiger partial charge in [0.1, 0.15) is 11.6 Å². The Morgan fingerprint density at radius 1 is 1.00 bits per heavy atom. The summed E-state index contributed by atoms with van der Waals surface area (Å²) in [6, 6.07) is 0. The number of rotatable bonds is 1. The molecule has 11 heavy (non-hydrogen) atoms. The molecule has 1 aromatic heterocycles. The van der Waals surface area contributed by atoms with E-state index >= 15 is 0 Å². The molecule has 0 atom stereocenters. The second kappa shape index (κ2) is 2.52. The van der Waals surface area contributed by atoms with E-state index in [1.807, 2.05) is 13.8 Å². The van der Waals surface area contributed by atoms with Crippen molar-refractivity contribution in [3.8, 4) is 0 Å². The van der Waals surface area contributed by atoms with Gasteiger partial charge < -0.3 is 0 Å². The van der Waals surface area contributed by atoms with E-state index in [4.69, 9.17) is 0 Å². The van der Waals surface area contributed by atoms with Crippen LogP contribution in [0.5, 0.6) is 0 Å². The van der Waals surface area contributed by atoms with Gasteiger partial charge in [-0.3, -0.25) is 3.97 Å². The summed E-state index contributed by atoms with van der Waals surface area (Å²) in [4.78, 5) is 0. The van der Waals surface area contributed by atoms with E-state index in [1.54, 1.807) is 0 Å². The van der Waals surface area contributed by atoms with Gasteiger partial charge in [-0.15, -0.1) is 10.2 Å². The third-order valence-corrected chi connectivity index (χ3v) is 3.10. The minimum Gasteiger partial charge on any atom is -0.276 e. The van der Waals surface area contributed by atoms with E-state index in [1.165, 1.54) is 0 Å². The van der Waals surface area contributed by atoms with Crippen molar-refractivity contribution in [2.45, 2.75) is 13.8 Å². The van der Waals surface area contributed by atoms with E-state index in [2.05, 4.69) is 32.9 Å². The molecular formula is C7H15N3S. The molecule has 3 nitrogen and oxygen atoms in total. The lowest BCUT2D eigenvalue weighted by Gasteiger charge is -2.29. The fraction of sp³-hybridized carbons (Fsp3) is 0.714. The average molecular weight is 173 g/mol. The standard InChI is InChI=1S/C7H15N3S/c1-6-8-9-7(2)10(6)11(3,4)5/h1-5H3. The normalized spacial score (nSPS) is 13.5. The molecule has 0 spiro atoms. The summed E-state index contributed by atoms with van der Waals surface area (Å²) in [7, 11) is -0.729. The Hall–Kier alpha value is -0.510. The van der Waals surface area contributed by atoms with Crippen LogP contribution in [0.2, 0.25) is 0 Å².